The zero-order chi connectivity index (χ0) is 23.8. The van der Waals surface area contributed by atoms with Crippen molar-refractivity contribution in [3.63, 3.8) is 0 Å². The number of piperidine rings is 1. The van der Waals surface area contributed by atoms with Crippen LogP contribution in [0.3, 0.4) is 0 Å². The topological polar surface area (TPSA) is 106 Å². The average Bonchev–Trinajstić information content (AvgIpc) is 2.83. The fourth-order valence-electron chi connectivity index (χ4n) is 3.98. The van der Waals surface area contributed by atoms with Gasteiger partial charge in [0.2, 0.25) is 16.3 Å². The Balaban J connectivity index is 1.58. The maximum Gasteiger partial charge on any atom is 0.288 e. The van der Waals surface area contributed by atoms with Crippen LogP contribution < -0.4 is 4.74 Å². The Labute approximate surface area is 196 Å². The number of benzene rings is 1. The highest BCUT2D eigenvalue weighted by atomic mass is 32.2. The van der Waals surface area contributed by atoms with Gasteiger partial charge in [-0.25, -0.2) is 8.42 Å². The molecule has 1 saturated heterocycles. The number of hydrogen-bond donors (Lipinski definition) is 1. The lowest BCUT2D eigenvalue weighted by atomic mass is 10.0. The van der Waals surface area contributed by atoms with Crippen LogP contribution in [0, 0.1) is 5.92 Å². The smallest absolute Gasteiger partial charge is 0.288 e. The Hall–Kier alpha value is -2.14. The number of rotatable bonds is 10. The van der Waals surface area contributed by atoms with Crippen LogP contribution in [0.15, 0.2) is 41.0 Å². The van der Waals surface area contributed by atoms with E-state index in [4.69, 9.17) is 14.2 Å². The molecular weight excluding hydrogens is 448 g/mol. The van der Waals surface area contributed by atoms with E-state index in [2.05, 4.69) is 0 Å². The van der Waals surface area contributed by atoms with E-state index in [9.17, 15) is 18.3 Å². The van der Waals surface area contributed by atoms with Gasteiger partial charge in [0.05, 0.1) is 25.2 Å². The van der Waals surface area contributed by atoms with E-state index in [-0.39, 0.29) is 43.0 Å². The molecule has 2 atom stereocenters. The number of allylic oxidation sites excluding steroid dienone is 1. The predicted molar refractivity (Wildman–Crippen MR) is 122 cm³/mol. The summed E-state index contributed by atoms with van der Waals surface area (Å²) in [5, 5.41) is 9.39. The van der Waals surface area contributed by atoms with E-state index in [1.807, 2.05) is 17.9 Å². The molecule has 1 N–H and O–H groups in total. The summed E-state index contributed by atoms with van der Waals surface area (Å²) in [5.41, 5.74) is 0. The standard InChI is InChI=1S/C23H34N2O7S/c1-18-16-21(23(27)24-10-4-3-5-11-24)32-22(17-18)31-15-13-25(12-14-26)33(28,29)20-8-6-19(30-2)7-9-20/h6-9,16,18,22,26H,3-5,10-15,17H2,1-2H3/t18-,22+/m0/s1. The first-order chi connectivity index (χ1) is 15.8. The number of nitrogens with zero attached hydrogens (tertiary/aromatic N) is 2. The van der Waals surface area contributed by atoms with E-state index in [0.29, 0.717) is 17.9 Å². The fraction of sp³-hybridized carbons (Fsp3) is 0.609. The lowest BCUT2D eigenvalue weighted by Crippen LogP contribution is -2.40. The van der Waals surface area contributed by atoms with Crippen molar-refractivity contribution in [3.8, 4) is 5.75 Å². The summed E-state index contributed by atoms with van der Waals surface area (Å²) in [7, 11) is -2.31. The Kier molecular flexibility index (Phi) is 9.13. The van der Waals surface area contributed by atoms with Gasteiger partial charge in [0.15, 0.2) is 5.76 Å². The fourth-order valence-corrected chi connectivity index (χ4v) is 5.40. The summed E-state index contributed by atoms with van der Waals surface area (Å²) in [6.45, 7) is 3.20. The second kappa shape index (κ2) is 11.8. The highest BCUT2D eigenvalue weighted by molar-refractivity contribution is 7.89. The van der Waals surface area contributed by atoms with E-state index in [0.717, 1.165) is 32.4 Å². The summed E-state index contributed by atoms with van der Waals surface area (Å²) >= 11 is 0. The number of aliphatic hydroxyl groups excluding tert-OH is 1. The minimum absolute atomic E-state index is 0.0439. The lowest BCUT2D eigenvalue weighted by Gasteiger charge is -2.32. The van der Waals surface area contributed by atoms with Crippen LogP contribution in [0.25, 0.3) is 0 Å². The molecule has 0 bridgehead atoms. The molecule has 1 aromatic rings. The van der Waals surface area contributed by atoms with Gasteiger partial charge in [0, 0.05) is 32.6 Å². The number of aliphatic hydroxyl groups is 1. The zero-order valence-electron chi connectivity index (χ0n) is 19.3. The third-order valence-corrected chi connectivity index (χ3v) is 7.72. The van der Waals surface area contributed by atoms with Gasteiger partial charge in [-0.3, -0.25) is 4.79 Å². The second-order valence-electron chi connectivity index (χ2n) is 8.32. The van der Waals surface area contributed by atoms with Gasteiger partial charge in [0.25, 0.3) is 5.91 Å². The minimum atomic E-state index is -3.82. The molecule has 184 valence electrons. The molecule has 1 aromatic carbocycles. The van der Waals surface area contributed by atoms with Crippen LogP contribution in [0.1, 0.15) is 32.6 Å². The first-order valence-corrected chi connectivity index (χ1v) is 12.8. The van der Waals surface area contributed by atoms with Gasteiger partial charge in [0.1, 0.15) is 5.75 Å². The molecule has 0 aromatic heterocycles. The first-order valence-electron chi connectivity index (χ1n) is 11.4. The van der Waals surface area contributed by atoms with Crippen molar-refractivity contribution in [2.24, 2.45) is 5.92 Å². The highest BCUT2D eigenvalue weighted by Gasteiger charge is 2.30. The Morgan fingerprint density at radius 1 is 1.18 bits per heavy atom. The van der Waals surface area contributed by atoms with Crippen molar-refractivity contribution >= 4 is 15.9 Å². The van der Waals surface area contributed by atoms with Gasteiger partial charge in [-0.1, -0.05) is 6.92 Å². The Morgan fingerprint density at radius 3 is 2.52 bits per heavy atom. The number of likely N-dealkylation sites (tertiary alicyclic amines) is 1. The lowest BCUT2D eigenvalue weighted by molar-refractivity contribution is -0.155. The maximum absolute atomic E-state index is 13.0. The molecule has 0 saturated carbocycles. The molecule has 0 unspecified atom stereocenters. The molecule has 2 aliphatic heterocycles. The van der Waals surface area contributed by atoms with Crippen LogP contribution in [0.4, 0.5) is 0 Å². The Morgan fingerprint density at radius 2 is 1.88 bits per heavy atom. The SMILES string of the molecule is COc1ccc(S(=O)(=O)N(CCO)CCO[C@H]2C[C@@H](C)C=C(C(=O)N3CCCCC3)O2)cc1. The zero-order valence-corrected chi connectivity index (χ0v) is 20.1. The molecule has 9 nitrogen and oxygen atoms in total. The highest BCUT2D eigenvalue weighted by Crippen LogP contribution is 2.25. The second-order valence-corrected chi connectivity index (χ2v) is 10.3. The van der Waals surface area contributed by atoms with Crippen molar-refractivity contribution in [1.82, 2.24) is 9.21 Å². The van der Waals surface area contributed by atoms with Gasteiger partial charge in [-0.2, -0.15) is 4.31 Å². The molecule has 3 rings (SSSR count). The monoisotopic (exact) mass is 482 g/mol. The van der Waals surface area contributed by atoms with Crippen LogP contribution in [-0.4, -0.2) is 81.4 Å². The normalized spacial score (nSPS) is 21.5. The molecule has 10 heteroatoms. The third kappa shape index (κ3) is 6.69. The third-order valence-electron chi connectivity index (χ3n) is 5.80. The molecule has 0 spiro atoms. The van der Waals surface area contributed by atoms with Crippen molar-refractivity contribution in [3.05, 3.63) is 36.1 Å². The summed E-state index contributed by atoms with van der Waals surface area (Å²) in [6.07, 6.45) is 4.91. The van der Waals surface area contributed by atoms with E-state index < -0.39 is 16.3 Å². The molecule has 1 amide bonds. The van der Waals surface area contributed by atoms with Crippen LogP contribution in [0.2, 0.25) is 0 Å². The van der Waals surface area contributed by atoms with Crippen LogP contribution >= 0.6 is 0 Å². The van der Waals surface area contributed by atoms with Crippen molar-refractivity contribution in [2.75, 3.05) is 46.5 Å². The molecule has 1 fully saturated rings. The molecular formula is C23H34N2O7S. The minimum Gasteiger partial charge on any atom is -0.497 e. The van der Waals surface area contributed by atoms with Gasteiger partial charge in [-0.15, -0.1) is 0 Å². The van der Waals surface area contributed by atoms with E-state index >= 15 is 0 Å². The van der Waals surface area contributed by atoms with Crippen LogP contribution in [0.5, 0.6) is 5.75 Å². The van der Waals surface area contributed by atoms with E-state index in [1.165, 1.54) is 23.5 Å². The number of hydrogen-bond acceptors (Lipinski definition) is 7. The van der Waals surface area contributed by atoms with Crippen LogP contribution in [-0.2, 0) is 24.3 Å². The van der Waals surface area contributed by atoms with Gasteiger partial charge in [-0.05, 0) is 55.5 Å². The Bertz CT molecular complexity index is 911. The van der Waals surface area contributed by atoms with Gasteiger partial charge >= 0.3 is 0 Å². The average molecular weight is 483 g/mol. The summed E-state index contributed by atoms with van der Waals surface area (Å²) < 4.78 is 43.9. The number of amides is 1. The number of sulfonamides is 1. The first kappa shape index (κ1) is 25.5. The summed E-state index contributed by atoms with van der Waals surface area (Å²) in [6, 6.07) is 6.08. The number of carbonyl (C=O) groups is 1. The maximum atomic E-state index is 13.0. The molecule has 2 aliphatic rings. The summed E-state index contributed by atoms with van der Waals surface area (Å²) in [5.74, 6) is 0.846. The quantitative estimate of drug-likeness (QED) is 0.544. The van der Waals surface area contributed by atoms with Crippen molar-refractivity contribution in [2.45, 2.75) is 43.8 Å². The van der Waals surface area contributed by atoms with Crippen molar-refractivity contribution < 1.29 is 32.5 Å². The molecule has 2 heterocycles. The molecule has 0 aliphatic carbocycles. The summed E-state index contributed by atoms with van der Waals surface area (Å²) in [4.78, 5) is 14.7. The largest absolute Gasteiger partial charge is 0.497 e. The van der Waals surface area contributed by atoms with E-state index in [1.54, 1.807) is 12.1 Å². The molecule has 33 heavy (non-hydrogen) atoms. The number of methoxy groups -OCH3 is 1. The molecule has 0 radical (unpaired) electrons. The number of ether oxygens (including phenoxy) is 3. The number of carbonyl (C=O) groups excluding carboxylic acids is 1. The predicted octanol–water partition coefficient (Wildman–Crippen LogP) is 1.97. The van der Waals surface area contributed by atoms with Gasteiger partial charge < -0.3 is 24.2 Å². The van der Waals surface area contributed by atoms with Crippen molar-refractivity contribution in [1.29, 1.82) is 0 Å².